The number of aryl methyl sites for hydroxylation is 3. The molecule has 2 aromatic carbocycles. The zero-order valence-corrected chi connectivity index (χ0v) is 13.0. The summed E-state index contributed by atoms with van der Waals surface area (Å²) in [6.07, 6.45) is 1.85. The third-order valence-corrected chi connectivity index (χ3v) is 3.72. The molecular formula is C19H18N2O. The molecule has 0 aliphatic carbocycles. The van der Waals surface area contributed by atoms with E-state index in [1.54, 1.807) is 0 Å². The fourth-order valence-corrected chi connectivity index (χ4v) is 2.46. The van der Waals surface area contributed by atoms with E-state index >= 15 is 0 Å². The van der Waals surface area contributed by atoms with Crippen molar-refractivity contribution in [1.82, 2.24) is 5.32 Å². The molecule has 0 unspecified atom stereocenters. The predicted octanol–water partition coefficient (Wildman–Crippen LogP) is 3.53. The average Bonchev–Trinajstić information content (AvgIpc) is 2.84. The Labute approximate surface area is 130 Å². The summed E-state index contributed by atoms with van der Waals surface area (Å²) < 4.78 is 0. The van der Waals surface area contributed by atoms with Crippen molar-refractivity contribution in [2.45, 2.75) is 20.8 Å². The van der Waals surface area contributed by atoms with E-state index in [0.29, 0.717) is 11.5 Å². The fraction of sp³-hybridized carbons (Fsp3) is 0.158. The van der Waals surface area contributed by atoms with Crippen LogP contribution in [0, 0.1) is 20.8 Å². The number of amides is 1. The molecule has 0 spiro atoms. The topological polar surface area (TPSA) is 41.5 Å². The van der Waals surface area contributed by atoms with Crippen LogP contribution in [0.5, 0.6) is 0 Å². The van der Waals surface area contributed by atoms with Gasteiger partial charge in [0, 0.05) is 5.56 Å². The number of carbonyl (C=O) groups excluding carboxylic acids is 1. The van der Waals surface area contributed by atoms with E-state index < -0.39 is 0 Å². The van der Waals surface area contributed by atoms with E-state index in [0.717, 1.165) is 22.3 Å². The molecule has 3 rings (SSSR count). The average molecular weight is 290 g/mol. The predicted molar refractivity (Wildman–Crippen MR) is 89.8 cm³/mol. The van der Waals surface area contributed by atoms with Crippen LogP contribution in [0.3, 0.4) is 0 Å². The van der Waals surface area contributed by atoms with E-state index in [9.17, 15) is 4.79 Å². The zero-order valence-electron chi connectivity index (χ0n) is 13.0. The van der Waals surface area contributed by atoms with Crippen LogP contribution >= 0.6 is 0 Å². The monoisotopic (exact) mass is 290 g/mol. The molecule has 1 amide bonds. The van der Waals surface area contributed by atoms with Gasteiger partial charge in [0.15, 0.2) is 0 Å². The summed E-state index contributed by atoms with van der Waals surface area (Å²) >= 11 is 0. The summed E-state index contributed by atoms with van der Waals surface area (Å²) in [6.45, 7) is 6.09. The van der Waals surface area contributed by atoms with Crippen LogP contribution in [0.25, 0.3) is 6.08 Å². The number of aliphatic imine (C=N–C) groups is 1. The first-order valence-corrected chi connectivity index (χ1v) is 7.29. The molecule has 3 nitrogen and oxygen atoms in total. The molecule has 0 atom stereocenters. The summed E-state index contributed by atoms with van der Waals surface area (Å²) in [5, 5.41) is 2.84. The maximum Gasteiger partial charge on any atom is 0.275 e. The molecule has 1 aliphatic rings. The van der Waals surface area contributed by atoms with Crippen LogP contribution in [0.4, 0.5) is 0 Å². The minimum atomic E-state index is -0.155. The van der Waals surface area contributed by atoms with Crippen LogP contribution in [-0.2, 0) is 4.79 Å². The summed E-state index contributed by atoms with van der Waals surface area (Å²) in [7, 11) is 0. The van der Waals surface area contributed by atoms with Gasteiger partial charge in [-0.15, -0.1) is 0 Å². The van der Waals surface area contributed by atoms with E-state index in [1.165, 1.54) is 5.56 Å². The second kappa shape index (κ2) is 5.60. The van der Waals surface area contributed by atoms with Crippen molar-refractivity contribution in [3.05, 3.63) is 76.0 Å². The van der Waals surface area contributed by atoms with Gasteiger partial charge in [-0.1, -0.05) is 47.5 Å². The molecule has 0 radical (unpaired) electrons. The first-order chi connectivity index (χ1) is 10.5. The van der Waals surface area contributed by atoms with Gasteiger partial charge in [0.25, 0.3) is 5.91 Å². The minimum absolute atomic E-state index is 0.155. The third kappa shape index (κ3) is 2.84. The van der Waals surface area contributed by atoms with Crippen molar-refractivity contribution in [3.8, 4) is 0 Å². The SMILES string of the molecule is Cc1cccc(C2=N/C(=C/c3cc(C)ccc3C)C(=O)N2)c1. The van der Waals surface area contributed by atoms with Crippen LogP contribution in [0.15, 0.2) is 53.2 Å². The number of rotatable bonds is 2. The fourth-order valence-electron chi connectivity index (χ4n) is 2.46. The smallest absolute Gasteiger partial charge is 0.275 e. The molecule has 0 aromatic heterocycles. The molecule has 110 valence electrons. The summed E-state index contributed by atoms with van der Waals surface area (Å²) in [6, 6.07) is 14.1. The van der Waals surface area contributed by atoms with Gasteiger partial charge in [-0.25, -0.2) is 4.99 Å². The van der Waals surface area contributed by atoms with Crippen LogP contribution in [0.2, 0.25) is 0 Å². The molecule has 0 fully saturated rings. The van der Waals surface area contributed by atoms with E-state index in [4.69, 9.17) is 0 Å². The lowest BCUT2D eigenvalue weighted by Crippen LogP contribution is -2.24. The third-order valence-electron chi connectivity index (χ3n) is 3.72. The second-order valence-electron chi connectivity index (χ2n) is 5.67. The largest absolute Gasteiger partial charge is 0.305 e. The van der Waals surface area contributed by atoms with Gasteiger partial charge in [0.2, 0.25) is 0 Å². The highest BCUT2D eigenvalue weighted by atomic mass is 16.2. The number of hydrogen-bond acceptors (Lipinski definition) is 2. The highest BCUT2D eigenvalue weighted by Crippen LogP contribution is 2.19. The van der Waals surface area contributed by atoms with Crippen LogP contribution in [0.1, 0.15) is 27.8 Å². The number of benzene rings is 2. The van der Waals surface area contributed by atoms with Gasteiger partial charge in [0.1, 0.15) is 11.5 Å². The Morgan fingerprint density at radius 1 is 1.00 bits per heavy atom. The van der Waals surface area contributed by atoms with Crippen molar-refractivity contribution in [2.24, 2.45) is 4.99 Å². The van der Waals surface area contributed by atoms with Gasteiger partial charge < -0.3 is 5.32 Å². The highest BCUT2D eigenvalue weighted by Gasteiger charge is 2.21. The lowest BCUT2D eigenvalue weighted by Gasteiger charge is -2.02. The van der Waals surface area contributed by atoms with E-state index in [-0.39, 0.29) is 5.91 Å². The van der Waals surface area contributed by atoms with Gasteiger partial charge in [-0.05, 0) is 44.0 Å². The van der Waals surface area contributed by atoms with Crippen molar-refractivity contribution < 1.29 is 4.79 Å². The molecule has 2 aromatic rings. The summed E-state index contributed by atoms with van der Waals surface area (Å²) in [5.41, 5.74) is 5.84. The molecule has 1 aliphatic heterocycles. The zero-order chi connectivity index (χ0) is 15.7. The van der Waals surface area contributed by atoms with Crippen molar-refractivity contribution in [1.29, 1.82) is 0 Å². The quantitative estimate of drug-likeness (QED) is 0.845. The lowest BCUT2D eigenvalue weighted by molar-refractivity contribution is -0.115. The molecule has 0 bridgehead atoms. The standard InChI is InChI=1S/C19H18N2O/c1-12-5-4-6-15(9-12)18-20-17(19(22)21-18)11-16-10-13(2)7-8-14(16)3/h4-11H,1-3H3,(H,20,21,22)/b17-11+. The Kier molecular flexibility index (Phi) is 3.63. The number of nitrogens with zero attached hydrogens (tertiary/aromatic N) is 1. The maximum atomic E-state index is 12.1. The maximum absolute atomic E-state index is 12.1. The van der Waals surface area contributed by atoms with E-state index in [1.807, 2.05) is 51.1 Å². The second-order valence-corrected chi connectivity index (χ2v) is 5.67. The van der Waals surface area contributed by atoms with Gasteiger partial charge >= 0.3 is 0 Å². The Balaban J connectivity index is 1.99. The van der Waals surface area contributed by atoms with Crippen molar-refractivity contribution in [2.75, 3.05) is 0 Å². The highest BCUT2D eigenvalue weighted by molar-refractivity contribution is 6.19. The molecule has 0 saturated carbocycles. The first kappa shape index (κ1) is 14.3. The lowest BCUT2D eigenvalue weighted by atomic mass is 10.0. The van der Waals surface area contributed by atoms with Crippen molar-refractivity contribution in [3.63, 3.8) is 0 Å². The van der Waals surface area contributed by atoms with E-state index in [2.05, 4.69) is 28.5 Å². The Morgan fingerprint density at radius 3 is 2.55 bits per heavy atom. The number of amidine groups is 1. The van der Waals surface area contributed by atoms with Gasteiger partial charge in [-0.3, -0.25) is 4.79 Å². The normalized spacial score (nSPS) is 15.9. The first-order valence-electron chi connectivity index (χ1n) is 7.29. The Bertz CT molecular complexity index is 816. The molecular weight excluding hydrogens is 272 g/mol. The number of nitrogens with one attached hydrogen (secondary N) is 1. The number of hydrogen-bond donors (Lipinski definition) is 1. The molecule has 0 saturated heterocycles. The number of carbonyl (C=O) groups is 1. The summed E-state index contributed by atoms with van der Waals surface area (Å²) in [5.74, 6) is 0.461. The molecule has 3 heteroatoms. The molecule has 1 N–H and O–H groups in total. The molecule has 22 heavy (non-hydrogen) atoms. The Hall–Kier alpha value is -2.68. The molecule has 1 heterocycles. The van der Waals surface area contributed by atoms with Crippen LogP contribution < -0.4 is 5.32 Å². The minimum Gasteiger partial charge on any atom is -0.305 e. The van der Waals surface area contributed by atoms with Crippen LogP contribution in [-0.4, -0.2) is 11.7 Å². The van der Waals surface area contributed by atoms with Gasteiger partial charge in [-0.2, -0.15) is 0 Å². The summed E-state index contributed by atoms with van der Waals surface area (Å²) in [4.78, 5) is 16.6. The van der Waals surface area contributed by atoms with Crippen molar-refractivity contribution >= 4 is 17.8 Å². The van der Waals surface area contributed by atoms with Gasteiger partial charge in [0.05, 0.1) is 0 Å². The Morgan fingerprint density at radius 2 is 1.77 bits per heavy atom.